The van der Waals surface area contributed by atoms with Crippen molar-refractivity contribution < 1.29 is 18.7 Å². The molecule has 0 bridgehead atoms. The Hall–Kier alpha value is -3.06. The SMILES string of the molecule is CCC1C(C)C[C@@]2(C(=O)NCCN(CC)CC)C(=O)OC(C)C2C1/C=C/c1ccc(-c2cccc(F)c2)cn1. The lowest BCUT2D eigenvalue weighted by molar-refractivity contribution is -0.157. The van der Waals surface area contributed by atoms with Crippen LogP contribution in [0.5, 0.6) is 0 Å². The van der Waals surface area contributed by atoms with Gasteiger partial charge in [0.25, 0.3) is 0 Å². The van der Waals surface area contributed by atoms with Gasteiger partial charge in [-0.25, -0.2) is 4.39 Å². The van der Waals surface area contributed by atoms with Crippen LogP contribution in [-0.4, -0.2) is 54.0 Å². The number of amides is 1. The van der Waals surface area contributed by atoms with Crippen molar-refractivity contribution in [3.63, 3.8) is 0 Å². The number of allylic oxidation sites excluding steroid dienone is 1. The summed E-state index contributed by atoms with van der Waals surface area (Å²) in [7, 11) is 0. The number of cyclic esters (lactones) is 1. The first-order valence-electron chi connectivity index (χ1n) is 14.4. The van der Waals surface area contributed by atoms with Gasteiger partial charge in [-0.15, -0.1) is 0 Å². The number of aromatic nitrogens is 1. The van der Waals surface area contributed by atoms with Gasteiger partial charge in [-0.3, -0.25) is 14.6 Å². The number of nitrogens with one attached hydrogen (secondary N) is 1. The molecule has 6 atom stereocenters. The van der Waals surface area contributed by atoms with Gasteiger partial charge in [0, 0.05) is 30.8 Å². The van der Waals surface area contributed by atoms with E-state index in [1.807, 2.05) is 31.2 Å². The van der Waals surface area contributed by atoms with E-state index in [4.69, 9.17) is 4.74 Å². The first kappa shape index (κ1) is 28.9. The number of rotatable bonds is 10. The number of ether oxygens (including phenoxy) is 1. The largest absolute Gasteiger partial charge is 0.461 e. The fourth-order valence-corrected chi connectivity index (χ4v) is 6.90. The van der Waals surface area contributed by atoms with Gasteiger partial charge in [0.05, 0.1) is 5.69 Å². The Bertz CT molecular complexity index is 1180. The van der Waals surface area contributed by atoms with Crippen molar-refractivity contribution in [1.29, 1.82) is 0 Å². The molecule has 5 unspecified atom stereocenters. The minimum atomic E-state index is -1.18. The summed E-state index contributed by atoms with van der Waals surface area (Å²) >= 11 is 0. The van der Waals surface area contributed by atoms with Crippen molar-refractivity contribution in [3.8, 4) is 11.1 Å². The number of esters is 1. The van der Waals surface area contributed by atoms with Gasteiger partial charge in [-0.1, -0.05) is 58.4 Å². The van der Waals surface area contributed by atoms with Crippen LogP contribution in [-0.2, 0) is 14.3 Å². The van der Waals surface area contributed by atoms with Crippen molar-refractivity contribution >= 4 is 18.0 Å². The summed E-state index contributed by atoms with van der Waals surface area (Å²) in [5.41, 5.74) is 1.21. The molecule has 0 spiro atoms. The van der Waals surface area contributed by atoms with Crippen LogP contribution in [0.1, 0.15) is 53.2 Å². The highest BCUT2D eigenvalue weighted by Gasteiger charge is 2.66. The third-order valence-electron chi connectivity index (χ3n) is 8.93. The predicted octanol–water partition coefficient (Wildman–Crippen LogP) is 5.59. The highest BCUT2D eigenvalue weighted by Crippen LogP contribution is 2.57. The van der Waals surface area contributed by atoms with E-state index in [2.05, 4.69) is 49.0 Å². The maximum Gasteiger partial charge on any atom is 0.322 e. The molecule has 2 aliphatic rings. The van der Waals surface area contributed by atoms with Gasteiger partial charge in [0.1, 0.15) is 11.9 Å². The summed E-state index contributed by atoms with van der Waals surface area (Å²) in [4.78, 5) is 34.0. The average molecular weight is 536 g/mol. The third kappa shape index (κ3) is 5.79. The highest BCUT2D eigenvalue weighted by molar-refractivity contribution is 6.04. The average Bonchev–Trinajstić information content (AvgIpc) is 3.19. The highest BCUT2D eigenvalue weighted by atomic mass is 19.1. The molecule has 1 aromatic carbocycles. The molecule has 6 nitrogen and oxygen atoms in total. The van der Waals surface area contributed by atoms with Gasteiger partial charge in [-0.2, -0.15) is 0 Å². The van der Waals surface area contributed by atoms with E-state index < -0.39 is 11.4 Å². The van der Waals surface area contributed by atoms with E-state index >= 15 is 0 Å². The molecular formula is C32H42FN3O3. The monoisotopic (exact) mass is 535 g/mol. The molecule has 1 N–H and O–H groups in total. The van der Waals surface area contributed by atoms with E-state index in [-0.39, 0.29) is 35.6 Å². The maximum atomic E-state index is 13.8. The molecule has 4 rings (SSSR count). The second-order valence-electron chi connectivity index (χ2n) is 11.1. The van der Waals surface area contributed by atoms with Gasteiger partial charge in [0.15, 0.2) is 5.41 Å². The van der Waals surface area contributed by atoms with Crippen molar-refractivity contribution in [1.82, 2.24) is 15.2 Å². The number of benzene rings is 1. The summed E-state index contributed by atoms with van der Waals surface area (Å²) in [6.07, 6.45) is 6.95. The van der Waals surface area contributed by atoms with E-state index in [0.29, 0.717) is 18.9 Å². The number of hydrogen-bond donors (Lipinski definition) is 1. The fourth-order valence-electron chi connectivity index (χ4n) is 6.90. The molecule has 1 aliphatic heterocycles. The zero-order valence-electron chi connectivity index (χ0n) is 23.8. The van der Waals surface area contributed by atoms with Crippen LogP contribution in [0.4, 0.5) is 4.39 Å². The topological polar surface area (TPSA) is 71.5 Å². The second kappa shape index (κ2) is 12.4. The van der Waals surface area contributed by atoms with Gasteiger partial charge >= 0.3 is 5.97 Å². The molecular weight excluding hydrogens is 493 g/mol. The Morgan fingerprint density at radius 3 is 2.59 bits per heavy atom. The number of fused-ring (bicyclic) bond motifs is 1. The molecule has 1 saturated heterocycles. The van der Waals surface area contributed by atoms with Crippen molar-refractivity contribution in [2.45, 2.75) is 53.6 Å². The minimum absolute atomic E-state index is 0.0153. The lowest BCUT2D eigenvalue weighted by atomic mass is 9.53. The summed E-state index contributed by atoms with van der Waals surface area (Å²) < 4.78 is 19.5. The molecule has 1 amide bonds. The Balaban J connectivity index is 1.59. The van der Waals surface area contributed by atoms with Gasteiger partial charge in [0.2, 0.25) is 5.91 Å². The summed E-state index contributed by atoms with van der Waals surface area (Å²) in [6.45, 7) is 13.5. The molecule has 1 saturated carbocycles. The molecule has 7 heteroatoms. The quantitative estimate of drug-likeness (QED) is 0.317. The van der Waals surface area contributed by atoms with Crippen LogP contribution in [0, 0.1) is 34.9 Å². The van der Waals surface area contributed by atoms with Crippen molar-refractivity contribution in [3.05, 3.63) is 60.2 Å². The minimum Gasteiger partial charge on any atom is -0.461 e. The zero-order chi connectivity index (χ0) is 28.2. The molecule has 2 heterocycles. The molecule has 2 aromatic rings. The van der Waals surface area contributed by atoms with Crippen LogP contribution < -0.4 is 5.32 Å². The third-order valence-corrected chi connectivity index (χ3v) is 8.93. The van der Waals surface area contributed by atoms with E-state index in [0.717, 1.165) is 42.9 Å². The molecule has 0 radical (unpaired) electrons. The van der Waals surface area contributed by atoms with E-state index in [1.54, 1.807) is 12.3 Å². The first-order chi connectivity index (χ1) is 18.7. The van der Waals surface area contributed by atoms with E-state index in [1.165, 1.54) is 12.1 Å². The smallest absolute Gasteiger partial charge is 0.322 e. The number of carbonyl (C=O) groups is 2. The Morgan fingerprint density at radius 2 is 1.95 bits per heavy atom. The number of carbonyl (C=O) groups excluding carboxylic acids is 2. The summed E-state index contributed by atoms with van der Waals surface area (Å²) in [5.74, 6) is -0.650. The molecule has 39 heavy (non-hydrogen) atoms. The Labute approximate surface area is 232 Å². The van der Waals surface area contributed by atoms with Crippen molar-refractivity contribution in [2.24, 2.45) is 29.1 Å². The van der Waals surface area contributed by atoms with E-state index in [9.17, 15) is 14.0 Å². The van der Waals surface area contributed by atoms with Crippen molar-refractivity contribution in [2.75, 3.05) is 26.2 Å². The molecule has 1 aliphatic carbocycles. The van der Waals surface area contributed by atoms with Crippen LogP contribution in [0.3, 0.4) is 0 Å². The van der Waals surface area contributed by atoms with Gasteiger partial charge in [-0.05, 0) is 74.0 Å². The molecule has 2 fully saturated rings. The fraction of sp³-hybridized carbons (Fsp3) is 0.531. The standard InChI is InChI=1S/C32H42FN3O3/c1-6-27-21(4)19-32(30(37)34-16-17-36(7-2)8-3)29(22(5)39-31(32)38)28(27)15-14-26-13-12-24(20-35-26)23-10-9-11-25(33)18-23/h9-15,18,20-22,27-29H,6-8,16-17,19H2,1-5H3,(H,34,37)/b15-14+/t21?,22?,27?,28?,29?,32-/m1/s1. The normalized spacial score (nSPS) is 28.5. The lowest BCUT2D eigenvalue weighted by Gasteiger charge is -2.47. The van der Waals surface area contributed by atoms with Crippen LogP contribution in [0.2, 0.25) is 0 Å². The van der Waals surface area contributed by atoms with Crippen LogP contribution in [0.15, 0.2) is 48.7 Å². The molecule has 1 aromatic heterocycles. The summed E-state index contributed by atoms with van der Waals surface area (Å²) in [6, 6.07) is 10.3. The number of halogens is 1. The Morgan fingerprint density at radius 1 is 1.18 bits per heavy atom. The van der Waals surface area contributed by atoms with Crippen LogP contribution >= 0.6 is 0 Å². The Kier molecular flexibility index (Phi) is 9.21. The second-order valence-corrected chi connectivity index (χ2v) is 11.1. The number of pyridine rings is 1. The number of nitrogens with zero attached hydrogens (tertiary/aromatic N) is 2. The van der Waals surface area contributed by atoms with Crippen LogP contribution in [0.25, 0.3) is 17.2 Å². The molecule has 210 valence electrons. The van der Waals surface area contributed by atoms with Gasteiger partial charge < -0.3 is 15.0 Å². The zero-order valence-corrected chi connectivity index (χ0v) is 23.8. The number of likely N-dealkylation sites (N-methyl/N-ethyl adjacent to an activating group) is 1. The number of hydrogen-bond acceptors (Lipinski definition) is 5. The maximum absolute atomic E-state index is 13.8. The lowest BCUT2D eigenvalue weighted by Crippen LogP contribution is -2.56. The first-order valence-corrected chi connectivity index (χ1v) is 14.4. The predicted molar refractivity (Wildman–Crippen MR) is 152 cm³/mol. The summed E-state index contributed by atoms with van der Waals surface area (Å²) in [5, 5.41) is 3.09.